The molecule has 0 bridgehead atoms. The molecule has 0 aliphatic carbocycles. The molecule has 0 aromatic heterocycles. The van der Waals surface area contributed by atoms with E-state index in [0.717, 1.165) is 6.26 Å². The molecule has 1 heterocycles. The van der Waals surface area contributed by atoms with E-state index in [4.69, 9.17) is 4.74 Å². The number of nitrogens with one attached hydrogen (secondary N) is 2. The third kappa shape index (κ3) is 3.36. The summed E-state index contributed by atoms with van der Waals surface area (Å²) in [5.74, 6) is -0.249. The summed E-state index contributed by atoms with van der Waals surface area (Å²) in [5.41, 5.74) is 0.308. The van der Waals surface area contributed by atoms with Crippen LogP contribution in [0.15, 0.2) is 29.2 Å². The first-order chi connectivity index (χ1) is 9.41. The second-order valence-electron chi connectivity index (χ2n) is 4.81. The third-order valence-corrected chi connectivity index (χ3v) is 4.44. The molecule has 20 heavy (non-hydrogen) atoms. The molecule has 1 fully saturated rings. The average molecular weight is 298 g/mol. The van der Waals surface area contributed by atoms with E-state index >= 15 is 0 Å². The second kappa shape index (κ2) is 5.90. The summed E-state index contributed by atoms with van der Waals surface area (Å²) in [7, 11) is -1.78. The smallest absolute Gasteiger partial charge is 0.241 e. The molecule has 110 valence electrons. The molecule has 1 aliphatic rings. The van der Waals surface area contributed by atoms with Crippen LogP contribution < -0.4 is 10.6 Å². The molecular formula is C13H18N2O4S. The molecule has 2 unspecified atom stereocenters. The molecular weight excluding hydrogens is 280 g/mol. The lowest BCUT2D eigenvalue weighted by atomic mass is 10.2. The van der Waals surface area contributed by atoms with Gasteiger partial charge in [-0.3, -0.25) is 4.79 Å². The van der Waals surface area contributed by atoms with Gasteiger partial charge in [0.2, 0.25) is 5.91 Å². The van der Waals surface area contributed by atoms with Gasteiger partial charge >= 0.3 is 0 Å². The normalized spacial score (nSPS) is 22.7. The van der Waals surface area contributed by atoms with E-state index in [1.54, 1.807) is 25.3 Å². The highest BCUT2D eigenvalue weighted by Crippen LogP contribution is 2.21. The van der Waals surface area contributed by atoms with E-state index in [-0.39, 0.29) is 22.9 Å². The number of methoxy groups -OCH3 is 1. The van der Waals surface area contributed by atoms with E-state index in [1.807, 2.05) is 0 Å². The number of amides is 1. The number of rotatable bonds is 4. The average Bonchev–Trinajstić information content (AvgIpc) is 2.87. The maximum atomic E-state index is 12.1. The zero-order chi connectivity index (χ0) is 14.8. The maximum absolute atomic E-state index is 12.1. The molecule has 0 saturated carbocycles. The van der Waals surface area contributed by atoms with Gasteiger partial charge in [0.15, 0.2) is 9.84 Å². The minimum Gasteiger partial charge on any atom is -0.380 e. The highest BCUT2D eigenvalue weighted by Gasteiger charge is 2.29. The van der Waals surface area contributed by atoms with Crippen molar-refractivity contribution in [2.45, 2.75) is 23.5 Å². The Morgan fingerprint density at radius 1 is 1.40 bits per heavy atom. The Hall–Kier alpha value is -1.44. The molecule has 1 aromatic carbocycles. The standard InChI is InChI=1S/C13H18N2O4S/c1-19-9-7-11(14-8-9)13(16)15-10-5-3-4-6-12(10)20(2,17)18/h3-6,9,11,14H,7-8H2,1-2H3,(H,15,16). The Labute approximate surface area is 118 Å². The van der Waals surface area contributed by atoms with Crippen LogP contribution in [0, 0.1) is 0 Å². The summed E-state index contributed by atoms with van der Waals surface area (Å²) in [6.45, 7) is 0.613. The highest BCUT2D eigenvalue weighted by molar-refractivity contribution is 7.90. The number of carbonyl (C=O) groups is 1. The number of anilines is 1. The molecule has 6 nitrogen and oxygen atoms in total. The fourth-order valence-electron chi connectivity index (χ4n) is 2.20. The van der Waals surface area contributed by atoms with E-state index in [2.05, 4.69) is 10.6 Å². The van der Waals surface area contributed by atoms with Crippen LogP contribution in [-0.2, 0) is 19.4 Å². The number of ether oxygens (including phenoxy) is 1. The van der Waals surface area contributed by atoms with E-state index in [1.165, 1.54) is 6.07 Å². The van der Waals surface area contributed by atoms with Gasteiger partial charge in [0.25, 0.3) is 0 Å². The van der Waals surface area contributed by atoms with E-state index in [0.29, 0.717) is 18.7 Å². The molecule has 2 N–H and O–H groups in total. The van der Waals surface area contributed by atoms with Gasteiger partial charge in [-0.1, -0.05) is 12.1 Å². The Balaban J connectivity index is 2.13. The number of sulfone groups is 1. The largest absolute Gasteiger partial charge is 0.380 e. The second-order valence-corrected chi connectivity index (χ2v) is 6.80. The van der Waals surface area contributed by atoms with Crippen molar-refractivity contribution in [2.75, 3.05) is 25.2 Å². The lowest BCUT2D eigenvalue weighted by Crippen LogP contribution is -2.35. The van der Waals surface area contributed by atoms with E-state index < -0.39 is 9.84 Å². The molecule has 2 atom stereocenters. The predicted octanol–water partition coefficient (Wildman–Crippen LogP) is 0.405. The monoisotopic (exact) mass is 298 g/mol. The topological polar surface area (TPSA) is 84.5 Å². The van der Waals surface area contributed by atoms with Gasteiger partial charge in [-0.15, -0.1) is 0 Å². The van der Waals surface area contributed by atoms with Crippen LogP contribution >= 0.6 is 0 Å². The third-order valence-electron chi connectivity index (χ3n) is 3.28. The van der Waals surface area contributed by atoms with Crippen molar-refractivity contribution in [2.24, 2.45) is 0 Å². The molecule has 1 aliphatic heterocycles. The fraction of sp³-hybridized carbons (Fsp3) is 0.462. The lowest BCUT2D eigenvalue weighted by molar-refractivity contribution is -0.118. The van der Waals surface area contributed by atoms with Crippen molar-refractivity contribution >= 4 is 21.4 Å². The van der Waals surface area contributed by atoms with Crippen molar-refractivity contribution in [3.63, 3.8) is 0 Å². The van der Waals surface area contributed by atoms with Crippen LogP contribution in [0.1, 0.15) is 6.42 Å². The Bertz CT molecular complexity index is 600. The first-order valence-electron chi connectivity index (χ1n) is 6.28. The van der Waals surface area contributed by atoms with Crippen molar-refractivity contribution in [1.82, 2.24) is 5.32 Å². The molecule has 1 saturated heterocycles. The molecule has 7 heteroatoms. The summed E-state index contributed by atoms with van der Waals surface area (Å²) in [6.07, 6.45) is 1.70. The van der Waals surface area contributed by atoms with Crippen LogP contribution in [0.4, 0.5) is 5.69 Å². The van der Waals surface area contributed by atoms with Gasteiger partial charge in [-0.05, 0) is 18.6 Å². The van der Waals surface area contributed by atoms with Crippen molar-refractivity contribution in [3.8, 4) is 0 Å². The predicted molar refractivity (Wildman–Crippen MR) is 75.4 cm³/mol. The zero-order valence-electron chi connectivity index (χ0n) is 11.4. The Morgan fingerprint density at radius 2 is 2.10 bits per heavy atom. The Morgan fingerprint density at radius 3 is 2.70 bits per heavy atom. The first kappa shape index (κ1) is 15.0. The fourth-order valence-corrected chi connectivity index (χ4v) is 3.04. The summed E-state index contributed by atoms with van der Waals surface area (Å²) >= 11 is 0. The van der Waals surface area contributed by atoms with Gasteiger partial charge in [0.05, 0.1) is 22.7 Å². The highest BCUT2D eigenvalue weighted by atomic mass is 32.2. The number of carbonyl (C=O) groups excluding carboxylic acids is 1. The number of hydrogen-bond donors (Lipinski definition) is 2. The first-order valence-corrected chi connectivity index (χ1v) is 8.17. The van der Waals surface area contributed by atoms with Gasteiger partial charge in [-0.2, -0.15) is 0 Å². The number of para-hydroxylation sites is 1. The van der Waals surface area contributed by atoms with Crippen LogP contribution in [0.2, 0.25) is 0 Å². The maximum Gasteiger partial charge on any atom is 0.241 e. The molecule has 0 spiro atoms. The SMILES string of the molecule is COC1CNC(C(=O)Nc2ccccc2S(C)(=O)=O)C1. The summed E-state index contributed by atoms with van der Waals surface area (Å²) in [6, 6.07) is 6.00. The summed E-state index contributed by atoms with van der Waals surface area (Å²) in [4.78, 5) is 12.3. The van der Waals surface area contributed by atoms with Gasteiger partial charge in [-0.25, -0.2) is 8.42 Å². The summed E-state index contributed by atoms with van der Waals surface area (Å²) in [5, 5.41) is 5.72. The molecule has 1 aromatic rings. The minimum atomic E-state index is -3.38. The number of hydrogen-bond acceptors (Lipinski definition) is 5. The van der Waals surface area contributed by atoms with Gasteiger partial charge < -0.3 is 15.4 Å². The lowest BCUT2D eigenvalue weighted by Gasteiger charge is -2.13. The zero-order valence-corrected chi connectivity index (χ0v) is 12.2. The Kier molecular flexibility index (Phi) is 4.42. The number of benzene rings is 1. The van der Waals surface area contributed by atoms with Crippen LogP contribution in [0.3, 0.4) is 0 Å². The van der Waals surface area contributed by atoms with Gasteiger partial charge in [0.1, 0.15) is 0 Å². The van der Waals surface area contributed by atoms with Crippen LogP contribution in [-0.4, -0.2) is 46.4 Å². The molecule has 0 radical (unpaired) electrons. The molecule has 1 amide bonds. The van der Waals surface area contributed by atoms with Crippen molar-refractivity contribution in [3.05, 3.63) is 24.3 Å². The quantitative estimate of drug-likeness (QED) is 0.841. The summed E-state index contributed by atoms with van der Waals surface area (Å²) < 4.78 is 28.5. The van der Waals surface area contributed by atoms with Crippen molar-refractivity contribution < 1.29 is 17.9 Å². The van der Waals surface area contributed by atoms with Crippen LogP contribution in [0.5, 0.6) is 0 Å². The van der Waals surface area contributed by atoms with Gasteiger partial charge in [0, 0.05) is 19.9 Å². The van der Waals surface area contributed by atoms with Crippen LogP contribution in [0.25, 0.3) is 0 Å². The van der Waals surface area contributed by atoms with E-state index in [9.17, 15) is 13.2 Å². The molecule has 2 rings (SSSR count). The minimum absolute atomic E-state index is 0.0101. The van der Waals surface area contributed by atoms with Crippen molar-refractivity contribution in [1.29, 1.82) is 0 Å².